The fraction of sp³-hybridized carbons (Fsp3) is 0.286. The molecule has 1 aromatic heterocycles. The SMILES string of the molecule is CC(=O)COc1ccc(Cl)o1. The molecule has 1 aromatic rings. The Labute approximate surface area is 68.9 Å². The van der Waals surface area contributed by atoms with Crippen molar-refractivity contribution >= 4 is 17.4 Å². The molecule has 0 unspecified atom stereocenters. The van der Waals surface area contributed by atoms with E-state index >= 15 is 0 Å². The summed E-state index contributed by atoms with van der Waals surface area (Å²) in [4.78, 5) is 10.4. The maximum Gasteiger partial charge on any atom is 0.286 e. The van der Waals surface area contributed by atoms with Crippen molar-refractivity contribution in [3.63, 3.8) is 0 Å². The van der Waals surface area contributed by atoms with Crippen molar-refractivity contribution in [2.75, 3.05) is 6.61 Å². The maximum absolute atomic E-state index is 10.4. The summed E-state index contributed by atoms with van der Waals surface area (Å²) in [5.74, 6) is 0.211. The Morgan fingerprint density at radius 3 is 2.91 bits per heavy atom. The highest BCUT2D eigenvalue weighted by Gasteiger charge is 2.00. The first-order valence-electron chi connectivity index (χ1n) is 3.06. The first kappa shape index (κ1) is 8.14. The van der Waals surface area contributed by atoms with Gasteiger partial charge in [-0.3, -0.25) is 4.79 Å². The van der Waals surface area contributed by atoms with Crippen LogP contribution in [0.4, 0.5) is 0 Å². The van der Waals surface area contributed by atoms with E-state index in [9.17, 15) is 4.79 Å². The van der Waals surface area contributed by atoms with Crippen molar-refractivity contribution < 1.29 is 13.9 Å². The molecule has 60 valence electrons. The minimum Gasteiger partial charge on any atom is -0.457 e. The average molecular weight is 175 g/mol. The third-order valence-corrected chi connectivity index (χ3v) is 1.17. The third-order valence-electron chi connectivity index (χ3n) is 0.966. The van der Waals surface area contributed by atoms with E-state index < -0.39 is 0 Å². The molecule has 0 radical (unpaired) electrons. The lowest BCUT2D eigenvalue weighted by Gasteiger charge is -1.96. The number of rotatable bonds is 3. The monoisotopic (exact) mass is 174 g/mol. The summed E-state index contributed by atoms with van der Waals surface area (Å²) >= 11 is 5.44. The summed E-state index contributed by atoms with van der Waals surface area (Å²) in [6.07, 6.45) is 0. The van der Waals surface area contributed by atoms with Gasteiger partial charge in [0.1, 0.15) is 6.61 Å². The van der Waals surface area contributed by atoms with Gasteiger partial charge in [0.05, 0.1) is 0 Å². The van der Waals surface area contributed by atoms with E-state index in [0.717, 1.165) is 0 Å². The van der Waals surface area contributed by atoms with Crippen LogP contribution in [0, 0.1) is 0 Å². The van der Waals surface area contributed by atoms with E-state index in [1.807, 2.05) is 0 Å². The number of Topliss-reactive ketones (excluding diaryl/α,β-unsaturated/α-hetero) is 1. The van der Waals surface area contributed by atoms with Gasteiger partial charge in [0, 0.05) is 12.1 Å². The number of ether oxygens (including phenoxy) is 1. The minimum absolute atomic E-state index is 0.0177. The number of carbonyl (C=O) groups excluding carboxylic acids is 1. The fourth-order valence-electron chi connectivity index (χ4n) is 0.548. The van der Waals surface area contributed by atoms with E-state index in [1.165, 1.54) is 6.92 Å². The van der Waals surface area contributed by atoms with Crippen molar-refractivity contribution in [1.82, 2.24) is 0 Å². The van der Waals surface area contributed by atoms with Crippen LogP contribution in [0.5, 0.6) is 5.95 Å². The van der Waals surface area contributed by atoms with Crippen molar-refractivity contribution in [3.8, 4) is 5.95 Å². The van der Waals surface area contributed by atoms with Crippen molar-refractivity contribution in [1.29, 1.82) is 0 Å². The Morgan fingerprint density at radius 2 is 2.45 bits per heavy atom. The highest BCUT2D eigenvalue weighted by atomic mass is 35.5. The van der Waals surface area contributed by atoms with Gasteiger partial charge in [0.25, 0.3) is 5.95 Å². The first-order chi connectivity index (χ1) is 5.18. The Balaban J connectivity index is 2.45. The second kappa shape index (κ2) is 3.44. The lowest BCUT2D eigenvalue weighted by Crippen LogP contribution is -2.05. The van der Waals surface area contributed by atoms with E-state index in [1.54, 1.807) is 12.1 Å². The molecular formula is C7H7ClO3. The molecule has 0 aliphatic heterocycles. The molecule has 0 atom stereocenters. The minimum atomic E-state index is -0.0578. The summed E-state index contributed by atoms with van der Waals surface area (Å²) in [5, 5.41) is 0.253. The number of halogens is 1. The highest BCUT2D eigenvalue weighted by Crippen LogP contribution is 2.19. The van der Waals surface area contributed by atoms with Crippen LogP contribution in [0.2, 0.25) is 5.22 Å². The van der Waals surface area contributed by atoms with E-state index in [2.05, 4.69) is 0 Å². The van der Waals surface area contributed by atoms with Crippen molar-refractivity contribution in [3.05, 3.63) is 17.4 Å². The number of carbonyl (C=O) groups is 1. The standard InChI is InChI=1S/C7H7ClO3/c1-5(9)4-10-7-3-2-6(8)11-7/h2-3H,4H2,1H3. The molecule has 0 saturated heterocycles. The Morgan fingerprint density at radius 1 is 1.73 bits per heavy atom. The second-order valence-corrected chi connectivity index (χ2v) is 2.42. The Kier molecular flexibility index (Phi) is 2.54. The van der Waals surface area contributed by atoms with Gasteiger partial charge >= 0.3 is 0 Å². The van der Waals surface area contributed by atoms with Crippen LogP contribution in [0.15, 0.2) is 16.5 Å². The van der Waals surface area contributed by atoms with Crippen molar-refractivity contribution in [2.45, 2.75) is 6.92 Å². The number of furan rings is 1. The smallest absolute Gasteiger partial charge is 0.286 e. The summed E-state index contributed by atoms with van der Waals surface area (Å²) < 4.78 is 9.71. The van der Waals surface area contributed by atoms with Gasteiger partial charge in [0.2, 0.25) is 0 Å². The van der Waals surface area contributed by atoms with Crippen LogP contribution >= 0.6 is 11.6 Å². The fourth-order valence-corrected chi connectivity index (χ4v) is 0.687. The lowest BCUT2D eigenvalue weighted by molar-refractivity contribution is -0.119. The van der Waals surface area contributed by atoms with Gasteiger partial charge in [-0.25, -0.2) is 0 Å². The normalized spacial score (nSPS) is 9.64. The zero-order valence-electron chi connectivity index (χ0n) is 5.96. The summed E-state index contributed by atoms with van der Waals surface area (Å²) in [5.41, 5.74) is 0. The zero-order valence-corrected chi connectivity index (χ0v) is 6.72. The third kappa shape index (κ3) is 2.63. The van der Waals surface area contributed by atoms with E-state index in [-0.39, 0.29) is 23.6 Å². The largest absolute Gasteiger partial charge is 0.457 e. The molecule has 11 heavy (non-hydrogen) atoms. The molecule has 0 spiro atoms. The van der Waals surface area contributed by atoms with Gasteiger partial charge in [-0.05, 0) is 18.5 Å². The Hall–Kier alpha value is -0.960. The Bertz CT molecular complexity index is 254. The van der Waals surface area contributed by atoms with Crippen LogP contribution in [-0.4, -0.2) is 12.4 Å². The number of hydrogen-bond acceptors (Lipinski definition) is 3. The molecule has 0 aliphatic rings. The van der Waals surface area contributed by atoms with Gasteiger partial charge < -0.3 is 9.15 Å². The lowest BCUT2D eigenvalue weighted by atomic mass is 10.5. The molecular weight excluding hydrogens is 168 g/mol. The van der Waals surface area contributed by atoms with Crippen LogP contribution in [-0.2, 0) is 4.79 Å². The molecule has 0 amide bonds. The molecule has 0 aliphatic carbocycles. The predicted molar refractivity (Wildman–Crippen MR) is 39.9 cm³/mol. The van der Waals surface area contributed by atoms with Crippen LogP contribution < -0.4 is 4.74 Å². The van der Waals surface area contributed by atoms with Crippen molar-refractivity contribution in [2.24, 2.45) is 0 Å². The van der Waals surface area contributed by atoms with E-state index in [4.69, 9.17) is 20.8 Å². The quantitative estimate of drug-likeness (QED) is 0.703. The van der Waals surface area contributed by atoms with Gasteiger partial charge in [-0.15, -0.1) is 0 Å². The molecule has 1 rings (SSSR count). The average Bonchev–Trinajstić information content (AvgIpc) is 2.31. The molecule has 1 heterocycles. The summed E-state index contributed by atoms with van der Waals surface area (Å²) in [6.45, 7) is 1.45. The van der Waals surface area contributed by atoms with Crippen LogP contribution in [0.3, 0.4) is 0 Å². The van der Waals surface area contributed by atoms with Gasteiger partial charge in [-0.1, -0.05) is 0 Å². The summed E-state index contributed by atoms with van der Waals surface area (Å²) in [7, 11) is 0. The maximum atomic E-state index is 10.4. The molecule has 4 heteroatoms. The predicted octanol–water partition coefficient (Wildman–Crippen LogP) is 1.90. The molecule has 0 bridgehead atoms. The molecule has 0 aromatic carbocycles. The topological polar surface area (TPSA) is 39.4 Å². The molecule has 3 nitrogen and oxygen atoms in total. The zero-order chi connectivity index (χ0) is 8.27. The summed E-state index contributed by atoms with van der Waals surface area (Å²) in [6, 6.07) is 3.11. The van der Waals surface area contributed by atoms with Gasteiger partial charge in [-0.2, -0.15) is 0 Å². The highest BCUT2D eigenvalue weighted by molar-refractivity contribution is 6.28. The molecule has 0 saturated carbocycles. The van der Waals surface area contributed by atoms with Crippen LogP contribution in [0.1, 0.15) is 6.92 Å². The second-order valence-electron chi connectivity index (χ2n) is 2.05. The van der Waals surface area contributed by atoms with E-state index in [0.29, 0.717) is 0 Å². The number of hydrogen-bond donors (Lipinski definition) is 0. The molecule has 0 fully saturated rings. The molecule has 0 N–H and O–H groups in total. The number of ketones is 1. The first-order valence-corrected chi connectivity index (χ1v) is 3.44. The van der Waals surface area contributed by atoms with Crippen LogP contribution in [0.25, 0.3) is 0 Å². The van der Waals surface area contributed by atoms with Gasteiger partial charge in [0.15, 0.2) is 11.0 Å².